The SMILES string of the molecule is CCn1ccc2cccc(I)c21. The number of para-hydroxylation sites is 1. The largest absolute Gasteiger partial charge is 0.347 e. The zero-order valence-electron chi connectivity index (χ0n) is 6.92. The number of hydrogen-bond donors (Lipinski definition) is 0. The van der Waals surface area contributed by atoms with E-state index in [1.807, 2.05) is 0 Å². The molecule has 1 aromatic heterocycles. The Bertz CT molecular complexity index is 403. The molecule has 2 heteroatoms. The van der Waals surface area contributed by atoms with Crippen molar-refractivity contribution in [3.63, 3.8) is 0 Å². The summed E-state index contributed by atoms with van der Waals surface area (Å²) in [5, 5.41) is 1.34. The lowest BCUT2D eigenvalue weighted by Gasteiger charge is -2.01. The Morgan fingerprint density at radius 1 is 1.33 bits per heavy atom. The molecular formula is C10H10IN. The smallest absolute Gasteiger partial charge is 0.0615 e. The molecule has 0 atom stereocenters. The summed E-state index contributed by atoms with van der Waals surface area (Å²) in [5.74, 6) is 0. The zero-order valence-corrected chi connectivity index (χ0v) is 9.08. The highest BCUT2D eigenvalue weighted by Gasteiger charge is 2.01. The van der Waals surface area contributed by atoms with E-state index in [2.05, 4.69) is 64.5 Å². The van der Waals surface area contributed by atoms with Crippen LogP contribution in [0, 0.1) is 3.57 Å². The maximum absolute atomic E-state index is 2.38. The summed E-state index contributed by atoms with van der Waals surface area (Å²) in [5.41, 5.74) is 1.36. The van der Waals surface area contributed by atoms with Gasteiger partial charge in [-0.25, -0.2) is 0 Å². The number of rotatable bonds is 1. The standard InChI is InChI=1S/C10H10IN/c1-2-12-7-6-8-4-3-5-9(11)10(8)12/h3-7H,2H2,1H3. The van der Waals surface area contributed by atoms with E-state index in [0.29, 0.717) is 0 Å². The molecule has 1 nitrogen and oxygen atoms in total. The summed E-state index contributed by atoms with van der Waals surface area (Å²) in [6.07, 6.45) is 2.15. The van der Waals surface area contributed by atoms with E-state index in [9.17, 15) is 0 Å². The van der Waals surface area contributed by atoms with Crippen LogP contribution >= 0.6 is 22.6 Å². The second-order valence-corrected chi connectivity index (χ2v) is 3.94. The molecule has 0 saturated carbocycles. The number of fused-ring (bicyclic) bond motifs is 1. The number of aromatic nitrogens is 1. The van der Waals surface area contributed by atoms with E-state index in [0.717, 1.165) is 6.54 Å². The predicted molar refractivity (Wildman–Crippen MR) is 60.3 cm³/mol. The third kappa shape index (κ3) is 1.14. The fourth-order valence-corrected chi connectivity index (χ4v) is 2.31. The minimum absolute atomic E-state index is 1.05. The highest BCUT2D eigenvalue weighted by molar-refractivity contribution is 14.1. The lowest BCUT2D eigenvalue weighted by atomic mass is 10.2. The fourth-order valence-electron chi connectivity index (χ4n) is 1.48. The first kappa shape index (κ1) is 8.10. The van der Waals surface area contributed by atoms with Crippen molar-refractivity contribution in [1.82, 2.24) is 4.57 Å². The van der Waals surface area contributed by atoms with Gasteiger partial charge in [0.2, 0.25) is 0 Å². The second-order valence-electron chi connectivity index (χ2n) is 2.78. The van der Waals surface area contributed by atoms with Crippen molar-refractivity contribution in [2.45, 2.75) is 13.5 Å². The first-order valence-electron chi connectivity index (χ1n) is 4.06. The zero-order chi connectivity index (χ0) is 8.55. The third-order valence-electron chi connectivity index (χ3n) is 2.08. The molecule has 62 valence electrons. The second kappa shape index (κ2) is 3.09. The van der Waals surface area contributed by atoms with Crippen LogP contribution in [0.4, 0.5) is 0 Å². The van der Waals surface area contributed by atoms with Gasteiger partial charge in [0.05, 0.1) is 5.52 Å². The molecule has 0 aliphatic carbocycles. The van der Waals surface area contributed by atoms with Gasteiger partial charge in [-0.3, -0.25) is 0 Å². The van der Waals surface area contributed by atoms with Crippen LogP contribution in [0.5, 0.6) is 0 Å². The summed E-state index contributed by atoms with van der Waals surface area (Å²) < 4.78 is 3.61. The molecule has 0 fully saturated rings. The Hall–Kier alpha value is -0.510. The Labute approximate surface area is 85.5 Å². The predicted octanol–water partition coefficient (Wildman–Crippen LogP) is 3.27. The van der Waals surface area contributed by atoms with Gasteiger partial charge in [0.1, 0.15) is 0 Å². The number of halogens is 1. The molecule has 12 heavy (non-hydrogen) atoms. The van der Waals surface area contributed by atoms with E-state index in [1.165, 1.54) is 14.5 Å². The average Bonchev–Trinajstić information content (AvgIpc) is 2.49. The summed E-state index contributed by atoms with van der Waals surface area (Å²) in [7, 11) is 0. The number of hydrogen-bond acceptors (Lipinski definition) is 0. The molecule has 0 aliphatic rings. The summed E-state index contributed by atoms with van der Waals surface area (Å²) >= 11 is 2.38. The highest BCUT2D eigenvalue weighted by Crippen LogP contribution is 2.21. The molecule has 0 aliphatic heterocycles. The normalized spacial score (nSPS) is 10.8. The van der Waals surface area contributed by atoms with Crippen LogP contribution in [0.3, 0.4) is 0 Å². The van der Waals surface area contributed by atoms with Crippen LogP contribution in [-0.4, -0.2) is 4.57 Å². The van der Waals surface area contributed by atoms with Crippen LogP contribution in [0.15, 0.2) is 30.5 Å². The lowest BCUT2D eigenvalue weighted by molar-refractivity contribution is 0.796. The van der Waals surface area contributed by atoms with Crippen molar-refractivity contribution in [2.24, 2.45) is 0 Å². The minimum atomic E-state index is 1.05. The Morgan fingerprint density at radius 2 is 2.17 bits per heavy atom. The highest BCUT2D eigenvalue weighted by atomic mass is 127. The van der Waals surface area contributed by atoms with Gasteiger partial charge in [0.25, 0.3) is 0 Å². The first-order chi connectivity index (χ1) is 5.83. The van der Waals surface area contributed by atoms with Gasteiger partial charge >= 0.3 is 0 Å². The first-order valence-corrected chi connectivity index (χ1v) is 5.14. The molecule has 0 saturated heterocycles. The number of nitrogens with zero attached hydrogens (tertiary/aromatic N) is 1. The molecule has 0 unspecified atom stereocenters. The van der Waals surface area contributed by atoms with Gasteiger partial charge < -0.3 is 4.57 Å². The van der Waals surface area contributed by atoms with E-state index in [1.54, 1.807) is 0 Å². The average molecular weight is 271 g/mol. The molecule has 0 bridgehead atoms. The van der Waals surface area contributed by atoms with Crippen molar-refractivity contribution >= 4 is 33.5 Å². The van der Waals surface area contributed by atoms with Gasteiger partial charge in [-0.2, -0.15) is 0 Å². The number of benzene rings is 1. The van der Waals surface area contributed by atoms with Crippen LogP contribution in [0.2, 0.25) is 0 Å². The maximum Gasteiger partial charge on any atom is 0.0615 e. The maximum atomic E-state index is 2.38. The van der Waals surface area contributed by atoms with E-state index in [-0.39, 0.29) is 0 Å². The van der Waals surface area contributed by atoms with Crippen LogP contribution in [0.25, 0.3) is 10.9 Å². The third-order valence-corrected chi connectivity index (χ3v) is 2.95. The van der Waals surface area contributed by atoms with Crippen molar-refractivity contribution < 1.29 is 0 Å². The van der Waals surface area contributed by atoms with E-state index < -0.39 is 0 Å². The molecule has 0 radical (unpaired) electrons. The lowest BCUT2D eigenvalue weighted by Crippen LogP contribution is -1.92. The van der Waals surface area contributed by atoms with Crippen LogP contribution in [-0.2, 0) is 6.54 Å². The molecule has 2 aromatic rings. The Kier molecular flexibility index (Phi) is 2.09. The molecule has 1 aromatic carbocycles. The van der Waals surface area contributed by atoms with Crippen molar-refractivity contribution in [2.75, 3.05) is 0 Å². The molecule has 1 heterocycles. The molecule has 0 amide bonds. The summed E-state index contributed by atoms with van der Waals surface area (Å²) in [6.45, 7) is 3.21. The van der Waals surface area contributed by atoms with Crippen molar-refractivity contribution in [1.29, 1.82) is 0 Å². The van der Waals surface area contributed by atoms with Crippen molar-refractivity contribution in [3.05, 3.63) is 34.0 Å². The Balaban J connectivity index is 2.83. The van der Waals surface area contributed by atoms with Gasteiger partial charge in [0.15, 0.2) is 0 Å². The summed E-state index contributed by atoms with van der Waals surface area (Å²) in [6, 6.07) is 8.57. The van der Waals surface area contributed by atoms with Gasteiger partial charge in [-0.05, 0) is 41.6 Å². The monoisotopic (exact) mass is 271 g/mol. The molecular weight excluding hydrogens is 261 g/mol. The van der Waals surface area contributed by atoms with Gasteiger partial charge in [0, 0.05) is 21.7 Å². The van der Waals surface area contributed by atoms with E-state index in [4.69, 9.17) is 0 Å². The topological polar surface area (TPSA) is 4.93 Å². The van der Waals surface area contributed by atoms with Gasteiger partial charge in [-0.15, -0.1) is 0 Å². The van der Waals surface area contributed by atoms with Crippen LogP contribution < -0.4 is 0 Å². The quantitative estimate of drug-likeness (QED) is 0.701. The minimum Gasteiger partial charge on any atom is -0.347 e. The van der Waals surface area contributed by atoms with E-state index >= 15 is 0 Å². The summed E-state index contributed by atoms with van der Waals surface area (Å²) in [4.78, 5) is 0. The van der Waals surface area contributed by atoms with Gasteiger partial charge in [-0.1, -0.05) is 12.1 Å². The van der Waals surface area contributed by atoms with Crippen LogP contribution in [0.1, 0.15) is 6.92 Å². The van der Waals surface area contributed by atoms with Crippen molar-refractivity contribution in [3.8, 4) is 0 Å². The molecule has 2 rings (SSSR count). The Morgan fingerprint density at radius 3 is 2.92 bits per heavy atom. The molecule has 0 N–H and O–H groups in total. The fraction of sp³-hybridized carbons (Fsp3) is 0.200. The number of aryl methyl sites for hydroxylation is 1. The molecule has 0 spiro atoms.